The van der Waals surface area contributed by atoms with Crippen molar-refractivity contribution in [3.8, 4) is 5.75 Å². The molecule has 0 spiro atoms. The zero-order chi connectivity index (χ0) is 28.7. The van der Waals surface area contributed by atoms with Gasteiger partial charge in [0.2, 0.25) is 0 Å². The van der Waals surface area contributed by atoms with E-state index < -0.39 is 52.8 Å². The van der Waals surface area contributed by atoms with Crippen LogP contribution >= 0.6 is 11.6 Å². The summed E-state index contributed by atoms with van der Waals surface area (Å²) in [5.74, 6) is -2.19. The predicted molar refractivity (Wildman–Crippen MR) is 147 cm³/mol. The van der Waals surface area contributed by atoms with Gasteiger partial charge in [-0.25, -0.2) is 0 Å². The van der Waals surface area contributed by atoms with Crippen molar-refractivity contribution in [1.82, 2.24) is 0 Å². The van der Waals surface area contributed by atoms with Crippen molar-refractivity contribution in [2.45, 2.75) is 68.8 Å². The van der Waals surface area contributed by atoms with Crippen LogP contribution in [0.2, 0.25) is 0 Å². The number of ether oxygens (including phenoxy) is 3. The van der Waals surface area contributed by atoms with Gasteiger partial charge in [-0.3, -0.25) is 8.98 Å². The molecule has 0 amide bonds. The van der Waals surface area contributed by atoms with Crippen molar-refractivity contribution in [1.29, 1.82) is 0 Å². The lowest BCUT2D eigenvalue weighted by Gasteiger charge is -2.32. The van der Waals surface area contributed by atoms with Crippen LogP contribution in [0.15, 0.2) is 70.3 Å². The second kappa shape index (κ2) is 13.8. The number of aliphatic hydroxyl groups is 1. The highest BCUT2D eigenvalue weighted by molar-refractivity contribution is 7.86. The van der Waals surface area contributed by atoms with Crippen molar-refractivity contribution in [3.63, 3.8) is 0 Å². The molecule has 1 saturated heterocycles. The quantitative estimate of drug-likeness (QED) is 0.257. The van der Waals surface area contributed by atoms with Gasteiger partial charge in [-0.05, 0) is 44.0 Å². The summed E-state index contributed by atoms with van der Waals surface area (Å²) in [7, 11) is -4.25. The van der Waals surface area contributed by atoms with E-state index in [1.807, 2.05) is 25.1 Å². The Balaban J connectivity index is 1.66. The van der Waals surface area contributed by atoms with Crippen LogP contribution < -0.4 is 4.74 Å². The Kier molecular flexibility index (Phi) is 10.5. The summed E-state index contributed by atoms with van der Waals surface area (Å²) in [6, 6.07) is 15.4. The van der Waals surface area contributed by atoms with Gasteiger partial charge < -0.3 is 24.4 Å². The van der Waals surface area contributed by atoms with E-state index in [9.17, 15) is 23.4 Å². The summed E-state index contributed by atoms with van der Waals surface area (Å²) in [5.41, 5.74) is 0.880. The number of aryl methyl sites for hydroxylation is 1. The molecule has 0 radical (unpaired) electrons. The highest BCUT2D eigenvalue weighted by atomic mass is 35.5. The van der Waals surface area contributed by atoms with Crippen LogP contribution in [0.25, 0.3) is 0 Å². The maximum absolute atomic E-state index is 13.2. The normalized spacial score (nSPS) is 25.7. The first-order chi connectivity index (χ1) is 19.1. The van der Waals surface area contributed by atoms with Gasteiger partial charge in [0.25, 0.3) is 10.1 Å². The van der Waals surface area contributed by atoms with Crippen LogP contribution in [0.1, 0.15) is 44.1 Å². The Bertz CT molecular complexity index is 1260. The number of carboxylic acids is 1. The molecule has 1 aliphatic carbocycles. The van der Waals surface area contributed by atoms with Crippen molar-refractivity contribution in [3.05, 3.63) is 71.0 Å². The van der Waals surface area contributed by atoms with Crippen LogP contribution in [-0.2, 0) is 28.6 Å². The Morgan fingerprint density at radius 1 is 1.10 bits per heavy atom. The number of para-hydroxylation sites is 1. The zero-order valence-corrected chi connectivity index (χ0v) is 23.9. The molecule has 218 valence electrons. The molecule has 0 aromatic heterocycles. The van der Waals surface area contributed by atoms with E-state index >= 15 is 0 Å². The van der Waals surface area contributed by atoms with Crippen LogP contribution in [0.5, 0.6) is 5.75 Å². The number of carbonyl (C=O) groups is 1. The third-order valence-corrected chi connectivity index (χ3v) is 8.83. The molecular formula is C29H35ClO9S. The standard InChI is InChI=1S/C29H35ClO9S/c1-19-10-12-21(13-11-19)40(34,35)39-25-18-24(31)22(17-26(32)33)28(25)29(38-27-9-5-6-15-37-27)23(30)14-16-36-20-7-3-2-4-8-20/h2-4,7-8,10-13,22,24-25,27-28,31H,5-6,9,14-18H2,1H3,(H,32,33)/t22-,24-,25-,27?,28+/m1/s1. The number of carboxylic acid groups (broad SMARTS) is 1. The Morgan fingerprint density at radius 2 is 1.82 bits per heavy atom. The second-order valence-electron chi connectivity index (χ2n) is 10.1. The average Bonchev–Trinajstić information content (AvgIpc) is 3.21. The fraction of sp³-hybridized carbons (Fsp3) is 0.483. The van der Waals surface area contributed by atoms with Gasteiger partial charge >= 0.3 is 5.97 Å². The molecule has 1 unspecified atom stereocenters. The summed E-state index contributed by atoms with van der Waals surface area (Å²) >= 11 is 6.82. The van der Waals surface area contributed by atoms with E-state index in [0.717, 1.165) is 18.4 Å². The average molecular weight is 595 g/mol. The molecule has 2 N–H and O–H groups in total. The molecule has 2 aromatic carbocycles. The monoisotopic (exact) mass is 594 g/mol. The summed E-state index contributed by atoms with van der Waals surface area (Å²) in [4.78, 5) is 11.8. The first-order valence-corrected chi connectivity index (χ1v) is 15.2. The lowest BCUT2D eigenvalue weighted by Crippen LogP contribution is -2.33. The van der Waals surface area contributed by atoms with Gasteiger partial charge in [0.05, 0.1) is 47.7 Å². The lowest BCUT2D eigenvalue weighted by atomic mass is 9.88. The van der Waals surface area contributed by atoms with Crippen molar-refractivity contribution in [2.75, 3.05) is 13.2 Å². The number of hydrogen-bond donors (Lipinski definition) is 2. The molecule has 1 heterocycles. The summed E-state index contributed by atoms with van der Waals surface area (Å²) in [5, 5.41) is 20.8. The minimum Gasteiger partial charge on any atom is -0.493 e. The first kappa shape index (κ1) is 30.3. The van der Waals surface area contributed by atoms with Crippen LogP contribution in [0.3, 0.4) is 0 Å². The Labute approximate surface area is 239 Å². The fourth-order valence-electron chi connectivity index (χ4n) is 5.09. The van der Waals surface area contributed by atoms with E-state index in [2.05, 4.69) is 0 Å². The molecule has 5 atom stereocenters. The van der Waals surface area contributed by atoms with Gasteiger partial charge in [-0.2, -0.15) is 8.42 Å². The summed E-state index contributed by atoms with van der Waals surface area (Å²) < 4.78 is 50.0. The maximum atomic E-state index is 13.2. The van der Waals surface area contributed by atoms with Crippen LogP contribution in [0, 0.1) is 18.8 Å². The van der Waals surface area contributed by atoms with Crippen molar-refractivity contribution < 1.29 is 41.8 Å². The number of aliphatic carboxylic acids is 1. The minimum atomic E-state index is -4.25. The van der Waals surface area contributed by atoms with E-state index in [-0.39, 0.29) is 35.1 Å². The Hall–Kier alpha value is -2.63. The van der Waals surface area contributed by atoms with Gasteiger partial charge in [0.15, 0.2) is 6.29 Å². The summed E-state index contributed by atoms with van der Waals surface area (Å²) in [6.45, 7) is 2.51. The smallest absolute Gasteiger partial charge is 0.303 e. The lowest BCUT2D eigenvalue weighted by molar-refractivity contribution is -0.150. The first-order valence-electron chi connectivity index (χ1n) is 13.4. The van der Waals surface area contributed by atoms with E-state index in [0.29, 0.717) is 18.8 Å². The molecule has 1 aliphatic heterocycles. The van der Waals surface area contributed by atoms with Crippen LogP contribution in [-0.4, -0.2) is 56.3 Å². The molecular weight excluding hydrogens is 560 g/mol. The van der Waals surface area contributed by atoms with Crippen LogP contribution in [0.4, 0.5) is 0 Å². The molecule has 4 rings (SSSR count). The van der Waals surface area contributed by atoms with Gasteiger partial charge in [0, 0.05) is 25.2 Å². The van der Waals surface area contributed by atoms with Gasteiger partial charge in [-0.1, -0.05) is 47.5 Å². The molecule has 9 nitrogen and oxygen atoms in total. The SMILES string of the molecule is Cc1ccc(S(=O)(=O)O[C@@H]2C[C@@H](O)[C@@H](CC(=O)O)[C@@H]2C(OC2CCCCO2)=C(Cl)CCOc2ccccc2)cc1. The maximum Gasteiger partial charge on any atom is 0.303 e. The molecule has 11 heteroatoms. The second-order valence-corrected chi connectivity index (χ2v) is 12.1. The van der Waals surface area contributed by atoms with Crippen molar-refractivity contribution >= 4 is 27.7 Å². The number of halogens is 1. The number of rotatable bonds is 12. The van der Waals surface area contributed by atoms with Gasteiger partial charge in [-0.15, -0.1) is 0 Å². The Morgan fingerprint density at radius 3 is 2.48 bits per heavy atom. The largest absolute Gasteiger partial charge is 0.493 e. The molecule has 40 heavy (non-hydrogen) atoms. The highest BCUT2D eigenvalue weighted by Gasteiger charge is 2.50. The molecule has 2 aromatic rings. The molecule has 2 aliphatic rings. The number of hydrogen-bond acceptors (Lipinski definition) is 8. The third-order valence-electron chi connectivity index (χ3n) is 7.10. The predicted octanol–water partition coefficient (Wildman–Crippen LogP) is 5.00. The topological polar surface area (TPSA) is 129 Å². The number of aliphatic hydroxyl groups excluding tert-OH is 1. The third kappa shape index (κ3) is 7.98. The van der Waals surface area contributed by atoms with E-state index in [1.165, 1.54) is 12.1 Å². The van der Waals surface area contributed by atoms with Gasteiger partial charge in [0.1, 0.15) is 11.5 Å². The van der Waals surface area contributed by atoms with E-state index in [1.54, 1.807) is 24.3 Å². The van der Waals surface area contributed by atoms with E-state index in [4.69, 9.17) is 30.0 Å². The molecule has 2 fully saturated rings. The van der Waals surface area contributed by atoms with Crippen molar-refractivity contribution in [2.24, 2.45) is 11.8 Å². The zero-order valence-electron chi connectivity index (χ0n) is 22.3. The summed E-state index contributed by atoms with van der Waals surface area (Å²) in [6.07, 6.45) is -0.950. The fourth-order valence-corrected chi connectivity index (χ4v) is 6.44. The molecule has 1 saturated carbocycles. The number of benzene rings is 2. The highest BCUT2D eigenvalue weighted by Crippen LogP contribution is 2.45. The minimum absolute atomic E-state index is 0.0440. The molecule has 0 bridgehead atoms.